The zero-order valence-electron chi connectivity index (χ0n) is 34.2. The molecule has 1 aromatic heterocycles. The molecular formula is C43H42F9N7O4. The highest BCUT2D eigenvalue weighted by Gasteiger charge is 2.43. The van der Waals surface area contributed by atoms with Crippen LogP contribution in [0.4, 0.5) is 55.9 Å². The highest BCUT2D eigenvalue weighted by Crippen LogP contribution is 2.45. The summed E-state index contributed by atoms with van der Waals surface area (Å²) < 4.78 is 138. The summed E-state index contributed by atoms with van der Waals surface area (Å²) in [6.07, 6.45) is -17.1. The van der Waals surface area contributed by atoms with Gasteiger partial charge >= 0.3 is 30.6 Å². The van der Waals surface area contributed by atoms with Gasteiger partial charge in [-0.25, -0.2) is 4.79 Å². The summed E-state index contributed by atoms with van der Waals surface area (Å²) in [5.41, 5.74) is -3.51. The first kappa shape index (κ1) is 46.3. The van der Waals surface area contributed by atoms with Gasteiger partial charge in [-0.2, -0.15) is 44.3 Å². The van der Waals surface area contributed by atoms with Crippen LogP contribution in [-0.4, -0.2) is 62.5 Å². The molecule has 20 heteroatoms. The van der Waals surface area contributed by atoms with E-state index < -0.39 is 89.6 Å². The zero-order valence-corrected chi connectivity index (χ0v) is 34.2. The first-order valence-corrected chi connectivity index (χ1v) is 19.6. The summed E-state index contributed by atoms with van der Waals surface area (Å²) in [5.74, 6) is -1.12. The van der Waals surface area contributed by atoms with Crippen molar-refractivity contribution >= 4 is 23.7 Å². The Kier molecular flexibility index (Phi) is 13.7. The van der Waals surface area contributed by atoms with Crippen LogP contribution in [0.5, 0.6) is 0 Å². The molecule has 0 bridgehead atoms. The Labute approximate surface area is 356 Å². The van der Waals surface area contributed by atoms with Crippen LogP contribution in [0.15, 0.2) is 97.1 Å². The summed E-state index contributed by atoms with van der Waals surface area (Å²) in [4.78, 5) is 32.0. The number of carbonyl (C=O) groups is 2. The molecule has 0 spiro atoms. The van der Waals surface area contributed by atoms with Crippen molar-refractivity contribution in [1.29, 1.82) is 0 Å². The molecule has 1 amide bonds. The van der Waals surface area contributed by atoms with E-state index in [9.17, 15) is 49.1 Å². The van der Waals surface area contributed by atoms with Gasteiger partial charge in [0, 0.05) is 25.7 Å². The predicted octanol–water partition coefficient (Wildman–Crippen LogP) is 9.86. The summed E-state index contributed by atoms with van der Waals surface area (Å²) in [7, 11) is 1.18. The molecule has 0 fully saturated rings. The number of carbonyl (C=O) groups excluding carboxylic acids is 2. The number of tetrazole rings is 1. The van der Waals surface area contributed by atoms with E-state index in [2.05, 4.69) is 15.4 Å². The van der Waals surface area contributed by atoms with Gasteiger partial charge in [-0.1, -0.05) is 65.8 Å². The number of nitrogens with zero attached hydrogens (tertiary/aromatic N) is 7. The first-order valence-electron chi connectivity index (χ1n) is 19.6. The van der Waals surface area contributed by atoms with E-state index in [1.54, 1.807) is 25.7 Å². The monoisotopic (exact) mass is 891 g/mol. The second kappa shape index (κ2) is 18.7. The third kappa shape index (κ3) is 11.3. The van der Waals surface area contributed by atoms with Crippen molar-refractivity contribution in [3.63, 3.8) is 0 Å². The normalized spacial score (nSPS) is 16.2. The molecule has 1 aliphatic rings. The number of ether oxygens (including phenoxy) is 2. The molecule has 63 heavy (non-hydrogen) atoms. The Balaban J connectivity index is 1.49. The third-order valence-corrected chi connectivity index (χ3v) is 10.3. The van der Waals surface area contributed by atoms with Gasteiger partial charge in [-0.15, -0.1) is 5.10 Å². The number of hydrogen-bond acceptors (Lipinski definition) is 9. The van der Waals surface area contributed by atoms with Crippen molar-refractivity contribution in [3.8, 4) is 0 Å². The van der Waals surface area contributed by atoms with Gasteiger partial charge in [-0.3, -0.25) is 14.6 Å². The molecule has 0 saturated heterocycles. The minimum atomic E-state index is -5.22. The fourth-order valence-corrected chi connectivity index (χ4v) is 7.44. The zero-order chi connectivity index (χ0) is 45.9. The van der Waals surface area contributed by atoms with Crippen LogP contribution in [0.25, 0.3) is 0 Å². The molecule has 0 radical (unpaired) electrons. The second-order valence-electron chi connectivity index (χ2n) is 15.3. The van der Waals surface area contributed by atoms with E-state index in [4.69, 9.17) is 9.47 Å². The van der Waals surface area contributed by atoms with Crippen LogP contribution in [0, 0.1) is 0 Å². The summed E-state index contributed by atoms with van der Waals surface area (Å²) in [6, 6.07) is 18.6. The maximum Gasteiger partial charge on any atom is 0.416 e. The van der Waals surface area contributed by atoms with Crippen molar-refractivity contribution in [2.24, 2.45) is 0 Å². The number of alkyl halides is 9. The van der Waals surface area contributed by atoms with Gasteiger partial charge < -0.3 is 14.4 Å². The maximum absolute atomic E-state index is 14.3. The van der Waals surface area contributed by atoms with E-state index in [0.29, 0.717) is 12.1 Å². The number of methoxy groups -OCH3 is 1. The number of aromatic nitrogens is 4. The minimum Gasteiger partial charge on any atom is -0.468 e. The fourth-order valence-electron chi connectivity index (χ4n) is 7.44. The highest BCUT2D eigenvalue weighted by atomic mass is 19.4. The molecule has 2 heterocycles. The molecule has 0 unspecified atom stereocenters. The van der Waals surface area contributed by atoms with Crippen LogP contribution in [-0.2, 0) is 59.0 Å². The Hall–Kier alpha value is -6.18. The topological polar surface area (TPSA) is 106 Å². The molecule has 0 N–H and O–H groups in total. The van der Waals surface area contributed by atoms with E-state index >= 15 is 0 Å². The number of amides is 1. The number of rotatable bonds is 13. The Morgan fingerprint density at radius 2 is 1.30 bits per heavy atom. The Morgan fingerprint density at radius 1 is 0.746 bits per heavy atom. The van der Waals surface area contributed by atoms with Crippen molar-refractivity contribution in [2.75, 3.05) is 16.9 Å². The molecule has 3 atom stereocenters. The molecule has 1 aliphatic heterocycles. The van der Waals surface area contributed by atoms with Gasteiger partial charge in [0.2, 0.25) is 0 Å². The van der Waals surface area contributed by atoms with Gasteiger partial charge in [0.05, 0.1) is 48.2 Å². The second-order valence-corrected chi connectivity index (χ2v) is 15.3. The minimum absolute atomic E-state index is 0.0439. The lowest BCUT2D eigenvalue weighted by Crippen LogP contribution is -2.47. The number of esters is 1. The van der Waals surface area contributed by atoms with Crippen LogP contribution in [0.3, 0.4) is 0 Å². The van der Waals surface area contributed by atoms with Crippen molar-refractivity contribution in [2.45, 2.75) is 96.1 Å². The number of fused-ring (bicyclic) bond motifs is 1. The average molecular weight is 892 g/mol. The third-order valence-electron chi connectivity index (χ3n) is 10.3. The molecular weight excluding hydrogens is 849 g/mol. The van der Waals surface area contributed by atoms with Crippen LogP contribution in [0.1, 0.15) is 72.2 Å². The van der Waals surface area contributed by atoms with E-state index in [0.717, 1.165) is 43.9 Å². The van der Waals surface area contributed by atoms with Crippen molar-refractivity contribution < 1.29 is 58.6 Å². The van der Waals surface area contributed by atoms with E-state index in [1.807, 2.05) is 60.7 Å². The standard InChI is InChI=1S/C43H42F9N7O4/c1-26(2)63-40(61)59-27(3)17-36(34-21-31(41(44,45)46)15-16-35(34)59)57(24-30-18-32(42(47,48)49)20-33(19-30)43(50,51)52)39-53-55-58(54-39)25-37(38(60)62-4)56(22-28-11-7-5-8-12-28)23-29-13-9-6-10-14-29/h5-16,18-21,26-27,36-37H,17,22-25H2,1-4H3/t27-,36+,37+/m0/s1. The molecule has 4 aromatic carbocycles. The lowest BCUT2D eigenvalue weighted by molar-refractivity contribution is -0.148. The predicted molar refractivity (Wildman–Crippen MR) is 211 cm³/mol. The van der Waals surface area contributed by atoms with Crippen molar-refractivity contribution in [1.82, 2.24) is 25.1 Å². The quantitative estimate of drug-likeness (QED) is 0.0844. The SMILES string of the molecule is COC(=O)[C@@H](Cn1nnc(N(Cc2cc(C(F)(F)F)cc(C(F)(F)F)c2)[C@@H]2C[C@H](C)N(C(=O)OC(C)C)c3ccc(C(F)(F)F)cc32)n1)N(Cc1ccccc1)Cc1ccccc1. The summed E-state index contributed by atoms with van der Waals surface area (Å²) in [6.45, 7) is 4.01. The van der Waals surface area contributed by atoms with Crippen molar-refractivity contribution in [3.05, 3.63) is 136 Å². The largest absolute Gasteiger partial charge is 0.468 e. The molecule has 11 nitrogen and oxygen atoms in total. The van der Waals surface area contributed by atoms with Crippen LogP contribution < -0.4 is 9.80 Å². The molecule has 5 aromatic rings. The number of benzene rings is 4. The lowest BCUT2D eigenvalue weighted by Gasteiger charge is -2.43. The molecule has 336 valence electrons. The highest BCUT2D eigenvalue weighted by molar-refractivity contribution is 5.90. The van der Waals surface area contributed by atoms with E-state index in [-0.39, 0.29) is 43.4 Å². The lowest BCUT2D eigenvalue weighted by atomic mass is 9.89. The van der Waals surface area contributed by atoms with Crippen LogP contribution >= 0.6 is 0 Å². The number of anilines is 2. The Morgan fingerprint density at radius 3 is 1.81 bits per heavy atom. The molecule has 0 aliphatic carbocycles. The Bertz CT molecular complexity index is 2280. The average Bonchev–Trinajstić information content (AvgIpc) is 3.68. The van der Waals surface area contributed by atoms with Gasteiger partial charge in [-0.05, 0) is 91.1 Å². The molecule has 6 rings (SSSR count). The van der Waals surface area contributed by atoms with Gasteiger partial charge in [0.15, 0.2) is 0 Å². The van der Waals surface area contributed by atoms with Gasteiger partial charge in [0.25, 0.3) is 5.95 Å². The smallest absolute Gasteiger partial charge is 0.416 e. The number of halogens is 9. The van der Waals surface area contributed by atoms with Gasteiger partial charge in [0.1, 0.15) is 6.04 Å². The molecule has 0 saturated carbocycles. The first-order chi connectivity index (χ1) is 29.6. The fraction of sp³-hybridized carbons (Fsp3) is 0.372. The summed E-state index contributed by atoms with van der Waals surface area (Å²) in [5, 5.41) is 12.7. The summed E-state index contributed by atoms with van der Waals surface area (Å²) >= 11 is 0. The number of hydrogen-bond donors (Lipinski definition) is 0. The van der Waals surface area contributed by atoms with E-state index in [1.165, 1.54) is 7.11 Å². The maximum atomic E-state index is 14.3. The van der Waals surface area contributed by atoms with Crippen LogP contribution in [0.2, 0.25) is 0 Å².